The third-order valence-corrected chi connectivity index (χ3v) is 5.03. The van der Waals surface area contributed by atoms with Gasteiger partial charge in [-0.3, -0.25) is 9.69 Å². The quantitative estimate of drug-likeness (QED) is 0.827. The van der Waals surface area contributed by atoms with Crippen molar-refractivity contribution >= 4 is 18.3 Å². The van der Waals surface area contributed by atoms with E-state index in [1.165, 1.54) is 5.56 Å². The molecule has 1 N–H and O–H groups in total. The van der Waals surface area contributed by atoms with Crippen LogP contribution in [0.3, 0.4) is 0 Å². The molecule has 1 amide bonds. The third-order valence-electron chi connectivity index (χ3n) is 5.03. The number of halogens is 1. The molecule has 6 heteroatoms. The summed E-state index contributed by atoms with van der Waals surface area (Å²) in [6, 6.07) is 8.64. The van der Waals surface area contributed by atoms with Gasteiger partial charge < -0.3 is 15.0 Å². The van der Waals surface area contributed by atoms with Gasteiger partial charge in [-0.2, -0.15) is 0 Å². The zero-order chi connectivity index (χ0) is 16.8. The molecule has 2 heterocycles. The maximum atomic E-state index is 12.9. The number of aryl methyl sites for hydroxylation is 1. The number of nitrogens with one attached hydrogen (secondary N) is 1. The Hall–Kier alpha value is -1.14. The number of amides is 1. The first-order valence-electron chi connectivity index (χ1n) is 9.08. The average molecular weight is 368 g/mol. The standard InChI is InChI=1S/C19H29N3O2.ClH/c1-16-2-4-17(5-3-16)14-19(23)22(18-6-7-20-15-18)9-8-21-10-12-24-13-11-21;/h2-5,18,20H,6-15H2,1H3;1H. The summed E-state index contributed by atoms with van der Waals surface area (Å²) < 4.78 is 5.41. The molecule has 0 bridgehead atoms. The maximum absolute atomic E-state index is 12.9. The topological polar surface area (TPSA) is 44.8 Å². The van der Waals surface area contributed by atoms with E-state index in [0.29, 0.717) is 12.5 Å². The second kappa shape index (κ2) is 10.1. The molecule has 2 fully saturated rings. The smallest absolute Gasteiger partial charge is 0.227 e. The summed E-state index contributed by atoms with van der Waals surface area (Å²) >= 11 is 0. The fraction of sp³-hybridized carbons (Fsp3) is 0.632. The highest BCUT2D eigenvalue weighted by atomic mass is 35.5. The largest absolute Gasteiger partial charge is 0.379 e. The molecule has 0 radical (unpaired) electrons. The van der Waals surface area contributed by atoms with Crippen molar-refractivity contribution in [3.8, 4) is 0 Å². The van der Waals surface area contributed by atoms with Gasteiger partial charge in [0.1, 0.15) is 0 Å². The molecule has 3 rings (SSSR count). The van der Waals surface area contributed by atoms with Gasteiger partial charge in [0.2, 0.25) is 5.91 Å². The Balaban J connectivity index is 0.00000225. The van der Waals surface area contributed by atoms with Crippen LogP contribution < -0.4 is 5.32 Å². The van der Waals surface area contributed by atoms with E-state index in [0.717, 1.165) is 64.5 Å². The number of carbonyl (C=O) groups is 1. The summed E-state index contributed by atoms with van der Waals surface area (Å²) in [5.74, 6) is 0.251. The molecule has 1 aromatic rings. The molecule has 140 valence electrons. The molecular formula is C19H30ClN3O2. The number of hydrogen-bond donors (Lipinski definition) is 1. The molecule has 0 aliphatic carbocycles. The van der Waals surface area contributed by atoms with Crippen molar-refractivity contribution in [2.45, 2.75) is 25.8 Å². The molecule has 0 saturated carbocycles. The van der Waals surface area contributed by atoms with E-state index in [2.05, 4.69) is 46.3 Å². The average Bonchev–Trinajstić information content (AvgIpc) is 3.12. The molecular weight excluding hydrogens is 338 g/mol. The number of carbonyl (C=O) groups excluding carboxylic acids is 1. The second-order valence-corrected chi connectivity index (χ2v) is 6.85. The molecule has 1 atom stereocenters. The minimum atomic E-state index is 0. The number of ether oxygens (including phenoxy) is 1. The number of nitrogens with zero attached hydrogens (tertiary/aromatic N) is 2. The number of hydrogen-bond acceptors (Lipinski definition) is 4. The first-order valence-corrected chi connectivity index (χ1v) is 9.08. The Morgan fingerprint density at radius 2 is 2.00 bits per heavy atom. The number of benzene rings is 1. The van der Waals surface area contributed by atoms with Crippen molar-refractivity contribution in [2.24, 2.45) is 0 Å². The molecule has 5 nitrogen and oxygen atoms in total. The van der Waals surface area contributed by atoms with Gasteiger partial charge in [-0.25, -0.2) is 0 Å². The lowest BCUT2D eigenvalue weighted by molar-refractivity contribution is -0.132. The third kappa shape index (κ3) is 5.96. The van der Waals surface area contributed by atoms with Crippen LogP contribution in [0.5, 0.6) is 0 Å². The predicted octanol–water partition coefficient (Wildman–Crippen LogP) is 1.48. The highest BCUT2D eigenvalue weighted by Crippen LogP contribution is 2.13. The zero-order valence-corrected chi connectivity index (χ0v) is 15.9. The Kier molecular flexibility index (Phi) is 8.16. The fourth-order valence-electron chi connectivity index (χ4n) is 3.47. The van der Waals surface area contributed by atoms with Crippen molar-refractivity contribution in [2.75, 3.05) is 52.5 Å². The van der Waals surface area contributed by atoms with Crippen LogP contribution in [0.25, 0.3) is 0 Å². The van der Waals surface area contributed by atoms with Crippen LogP contribution in [0.4, 0.5) is 0 Å². The van der Waals surface area contributed by atoms with Crippen LogP contribution in [0.1, 0.15) is 17.5 Å². The van der Waals surface area contributed by atoms with E-state index in [9.17, 15) is 4.79 Å². The fourth-order valence-corrected chi connectivity index (χ4v) is 3.47. The van der Waals surface area contributed by atoms with E-state index in [1.807, 2.05) is 0 Å². The highest BCUT2D eigenvalue weighted by molar-refractivity contribution is 5.85. The molecule has 0 spiro atoms. The van der Waals surface area contributed by atoms with Crippen molar-refractivity contribution < 1.29 is 9.53 Å². The first kappa shape index (κ1) is 20.2. The Labute approximate surface area is 157 Å². The zero-order valence-electron chi connectivity index (χ0n) is 15.1. The van der Waals surface area contributed by atoms with Gasteiger partial charge in [0.15, 0.2) is 0 Å². The molecule has 0 aromatic heterocycles. The van der Waals surface area contributed by atoms with Gasteiger partial charge in [-0.05, 0) is 25.5 Å². The Morgan fingerprint density at radius 1 is 1.28 bits per heavy atom. The number of morpholine rings is 1. The molecule has 2 saturated heterocycles. The van der Waals surface area contributed by atoms with Gasteiger partial charge in [0, 0.05) is 38.8 Å². The van der Waals surface area contributed by atoms with Crippen molar-refractivity contribution in [3.05, 3.63) is 35.4 Å². The molecule has 1 unspecified atom stereocenters. The van der Waals surface area contributed by atoms with Gasteiger partial charge in [0.05, 0.1) is 19.6 Å². The van der Waals surface area contributed by atoms with Crippen molar-refractivity contribution in [1.82, 2.24) is 15.1 Å². The van der Waals surface area contributed by atoms with Crippen LogP contribution >= 0.6 is 12.4 Å². The summed E-state index contributed by atoms with van der Waals surface area (Å²) in [5.41, 5.74) is 2.34. The maximum Gasteiger partial charge on any atom is 0.227 e. The molecule has 25 heavy (non-hydrogen) atoms. The lowest BCUT2D eigenvalue weighted by Crippen LogP contribution is -2.48. The summed E-state index contributed by atoms with van der Waals surface area (Å²) in [6.45, 7) is 9.33. The van der Waals surface area contributed by atoms with E-state index >= 15 is 0 Å². The predicted molar refractivity (Wildman–Crippen MR) is 102 cm³/mol. The Morgan fingerprint density at radius 3 is 2.64 bits per heavy atom. The van der Waals surface area contributed by atoms with E-state index in [-0.39, 0.29) is 18.3 Å². The SMILES string of the molecule is Cc1ccc(CC(=O)N(CCN2CCOCC2)C2CCNC2)cc1.Cl. The van der Waals surface area contributed by atoms with Crippen LogP contribution in [-0.4, -0.2) is 74.2 Å². The minimum absolute atomic E-state index is 0. The summed E-state index contributed by atoms with van der Waals surface area (Å²) in [6.07, 6.45) is 1.56. The van der Waals surface area contributed by atoms with E-state index in [1.54, 1.807) is 0 Å². The summed E-state index contributed by atoms with van der Waals surface area (Å²) in [4.78, 5) is 17.4. The summed E-state index contributed by atoms with van der Waals surface area (Å²) in [7, 11) is 0. The van der Waals surface area contributed by atoms with E-state index < -0.39 is 0 Å². The van der Waals surface area contributed by atoms with Gasteiger partial charge in [-0.1, -0.05) is 29.8 Å². The summed E-state index contributed by atoms with van der Waals surface area (Å²) in [5, 5.41) is 3.39. The molecule has 1 aromatic carbocycles. The van der Waals surface area contributed by atoms with Crippen LogP contribution in [0.15, 0.2) is 24.3 Å². The van der Waals surface area contributed by atoms with Gasteiger partial charge >= 0.3 is 0 Å². The lowest BCUT2D eigenvalue weighted by atomic mass is 10.1. The van der Waals surface area contributed by atoms with Crippen molar-refractivity contribution in [1.29, 1.82) is 0 Å². The van der Waals surface area contributed by atoms with Crippen LogP contribution in [0, 0.1) is 6.92 Å². The monoisotopic (exact) mass is 367 g/mol. The van der Waals surface area contributed by atoms with E-state index in [4.69, 9.17) is 4.74 Å². The molecule has 2 aliphatic rings. The highest BCUT2D eigenvalue weighted by Gasteiger charge is 2.27. The Bertz CT molecular complexity index is 526. The second-order valence-electron chi connectivity index (χ2n) is 6.85. The molecule has 2 aliphatic heterocycles. The normalized spacial score (nSPS) is 20.9. The van der Waals surface area contributed by atoms with Gasteiger partial charge in [-0.15, -0.1) is 12.4 Å². The van der Waals surface area contributed by atoms with Crippen molar-refractivity contribution in [3.63, 3.8) is 0 Å². The minimum Gasteiger partial charge on any atom is -0.379 e. The lowest BCUT2D eigenvalue weighted by Gasteiger charge is -2.33. The first-order chi connectivity index (χ1) is 11.7. The van der Waals surface area contributed by atoms with Gasteiger partial charge in [0.25, 0.3) is 0 Å². The van der Waals surface area contributed by atoms with Crippen LogP contribution in [0.2, 0.25) is 0 Å². The number of rotatable bonds is 6. The van der Waals surface area contributed by atoms with Crippen LogP contribution in [-0.2, 0) is 16.0 Å².